The molecule has 2 aromatic rings. The lowest BCUT2D eigenvalue weighted by atomic mass is 9.80. The summed E-state index contributed by atoms with van der Waals surface area (Å²) in [6, 6.07) is 10.8. The van der Waals surface area contributed by atoms with E-state index in [1.54, 1.807) is 12.1 Å². The zero-order valence-corrected chi connectivity index (χ0v) is 23.6. The molecule has 1 saturated heterocycles. The van der Waals surface area contributed by atoms with Crippen molar-refractivity contribution in [2.75, 3.05) is 24.2 Å². The fraction of sp³-hybridized carbons (Fsp3) is 0.393. The van der Waals surface area contributed by atoms with E-state index < -0.39 is 40.8 Å². The molecule has 2 aliphatic rings. The summed E-state index contributed by atoms with van der Waals surface area (Å²) in [5.74, 6) is -2.74. The van der Waals surface area contributed by atoms with Crippen LogP contribution in [0.1, 0.15) is 39.2 Å². The SMILES string of the molecule is [C-]#[N+][C@@H]1C[C@@]2(CN1C(=O)[C@H](CC(C)(C)C)N(C)C(=O)C(=O)Nc1c(Cl)cccc1Cl)C(=O)Nc1ccccc12. The molecule has 2 heterocycles. The van der Waals surface area contributed by atoms with Crippen molar-refractivity contribution >= 4 is 58.2 Å². The average Bonchev–Trinajstić information content (AvgIpc) is 3.41. The summed E-state index contributed by atoms with van der Waals surface area (Å²) in [4.78, 5) is 59.5. The van der Waals surface area contributed by atoms with E-state index in [4.69, 9.17) is 29.8 Å². The van der Waals surface area contributed by atoms with Crippen LogP contribution in [0.3, 0.4) is 0 Å². The van der Waals surface area contributed by atoms with Crippen LogP contribution < -0.4 is 10.6 Å². The fourth-order valence-corrected chi connectivity index (χ4v) is 5.70. The number of para-hydroxylation sites is 2. The van der Waals surface area contributed by atoms with E-state index >= 15 is 0 Å². The number of nitrogens with zero attached hydrogens (tertiary/aromatic N) is 3. The number of nitrogens with one attached hydrogen (secondary N) is 2. The lowest BCUT2D eigenvalue weighted by Gasteiger charge is -2.34. The van der Waals surface area contributed by atoms with Crippen molar-refractivity contribution < 1.29 is 19.2 Å². The summed E-state index contributed by atoms with van der Waals surface area (Å²) in [7, 11) is 1.38. The maximum Gasteiger partial charge on any atom is 0.313 e. The van der Waals surface area contributed by atoms with Crippen molar-refractivity contribution in [3.05, 3.63) is 69.5 Å². The minimum atomic E-state index is -1.07. The average molecular weight is 570 g/mol. The van der Waals surface area contributed by atoms with Gasteiger partial charge >= 0.3 is 18.0 Å². The first-order valence-electron chi connectivity index (χ1n) is 12.4. The van der Waals surface area contributed by atoms with E-state index in [1.807, 2.05) is 39.0 Å². The molecule has 0 unspecified atom stereocenters. The second kappa shape index (κ2) is 10.5. The number of carbonyl (C=O) groups excluding carboxylic acids is 4. The lowest BCUT2D eigenvalue weighted by molar-refractivity contribution is -0.150. The van der Waals surface area contributed by atoms with Gasteiger partial charge in [-0.3, -0.25) is 28.9 Å². The minimum Gasteiger partial charge on any atom is -0.325 e. The third kappa shape index (κ3) is 5.32. The molecule has 0 saturated carbocycles. The second-order valence-corrected chi connectivity index (χ2v) is 11.9. The quantitative estimate of drug-likeness (QED) is 0.416. The Bertz CT molecular complexity index is 1380. The predicted octanol–water partition coefficient (Wildman–Crippen LogP) is 4.56. The molecule has 2 aromatic carbocycles. The largest absolute Gasteiger partial charge is 0.325 e. The Labute approximate surface area is 237 Å². The Morgan fingerprint density at radius 3 is 2.44 bits per heavy atom. The highest BCUT2D eigenvalue weighted by atomic mass is 35.5. The summed E-state index contributed by atoms with van der Waals surface area (Å²) in [6.07, 6.45) is -0.557. The molecule has 4 rings (SSSR count). The molecule has 2 aliphatic heterocycles. The maximum atomic E-state index is 14.1. The van der Waals surface area contributed by atoms with Gasteiger partial charge in [0.25, 0.3) is 5.91 Å². The number of rotatable bonds is 4. The van der Waals surface area contributed by atoms with E-state index in [2.05, 4.69) is 15.5 Å². The van der Waals surface area contributed by atoms with Gasteiger partial charge in [-0.25, -0.2) is 6.57 Å². The molecule has 3 atom stereocenters. The van der Waals surface area contributed by atoms with Crippen LogP contribution in [0, 0.1) is 12.0 Å². The van der Waals surface area contributed by atoms with Gasteiger partial charge in [0.15, 0.2) is 0 Å². The summed E-state index contributed by atoms with van der Waals surface area (Å²) < 4.78 is 0. The number of anilines is 2. The standard InChI is InChI=1S/C28H29Cl2N5O4/c1-27(2,3)13-20(34(5)25(38)23(36)33-22-17(29)10-8-11-18(22)30)24(37)35-15-28(14-21(35)31-4)16-9-6-7-12-19(16)32-26(28)39/h6-12,20-21H,13-15H2,1-3,5H3,(H,32,39)(H,33,36)/t20-,21-,28-/m0/s1. The molecule has 0 aliphatic carbocycles. The lowest BCUT2D eigenvalue weighted by Crippen LogP contribution is -2.54. The number of hydrogen-bond donors (Lipinski definition) is 2. The van der Waals surface area contributed by atoms with Crippen molar-refractivity contribution in [3.8, 4) is 0 Å². The number of fused-ring (bicyclic) bond motifs is 2. The Balaban J connectivity index is 1.63. The first kappa shape index (κ1) is 28.4. The Hall–Kier alpha value is -3.61. The topological polar surface area (TPSA) is 103 Å². The number of amides is 4. The molecule has 0 bridgehead atoms. The van der Waals surface area contributed by atoms with Crippen molar-refractivity contribution in [2.24, 2.45) is 5.41 Å². The molecule has 4 amide bonds. The first-order valence-corrected chi connectivity index (χ1v) is 13.1. The fourth-order valence-electron chi connectivity index (χ4n) is 5.20. The molecular weight excluding hydrogens is 541 g/mol. The number of benzene rings is 2. The molecule has 1 spiro atoms. The highest BCUT2D eigenvalue weighted by molar-refractivity contribution is 6.44. The number of carbonyl (C=O) groups is 4. The number of hydrogen-bond acceptors (Lipinski definition) is 4. The molecule has 204 valence electrons. The zero-order chi connectivity index (χ0) is 28.7. The molecule has 1 fully saturated rings. The van der Waals surface area contributed by atoms with Crippen LogP contribution in [0.25, 0.3) is 4.85 Å². The maximum absolute atomic E-state index is 14.1. The van der Waals surface area contributed by atoms with Crippen molar-refractivity contribution in [1.29, 1.82) is 0 Å². The van der Waals surface area contributed by atoms with Gasteiger partial charge in [-0.15, -0.1) is 0 Å². The van der Waals surface area contributed by atoms with E-state index in [-0.39, 0.29) is 41.0 Å². The van der Waals surface area contributed by atoms with Crippen LogP contribution in [0.4, 0.5) is 11.4 Å². The van der Waals surface area contributed by atoms with E-state index in [0.29, 0.717) is 5.69 Å². The summed E-state index contributed by atoms with van der Waals surface area (Å²) in [5, 5.41) is 5.63. The van der Waals surface area contributed by atoms with Gasteiger partial charge in [0.2, 0.25) is 5.91 Å². The minimum absolute atomic E-state index is 0.00811. The number of halogens is 2. The summed E-state index contributed by atoms with van der Waals surface area (Å²) >= 11 is 12.3. The molecule has 0 radical (unpaired) electrons. The van der Waals surface area contributed by atoms with Gasteiger partial charge in [0, 0.05) is 19.3 Å². The van der Waals surface area contributed by atoms with Crippen molar-refractivity contribution in [3.63, 3.8) is 0 Å². The van der Waals surface area contributed by atoms with Gasteiger partial charge in [-0.05, 0) is 35.6 Å². The van der Waals surface area contributed by atoms with Gasteiger partial charge < -0.3 is 15.5 Å². The van der Waals surface area contributed by atoms with Crippen LogP contribution in [-0.4, -0.2) is 59.2 Å². The van der Waals surface area contributed by atoms with E-state index in [1.165, 1.54) is 24.1 Å². The van der Waals surface area contributed by atoms with Gasteiger partial charge in [0.1, 0.15) is 11.5 Å². The Kier molecular flexibility index (Phi) is 7.66. The second-order valence-electron chi connectivity index (χ2n) is 11.1. The van der Waals surface area contributed by atoms with Crippen LogP contribution in [0.2, 0.25) is 10.0 Å². The molecule has 9 nitrogen and oxygen atoms in total. The number of likely N-dealkylation sites (tertiary alicyclic amines) is 1. The van der Waals surface area contributed by atoms with Crippen LogP contribution in [-0.2, 0) is 24.6 Å². The smallest absolute Gasteiger partial charge is 0.313 e. The molecular formula is C28H29Cl2N5O4. The summed E-state index contributed by atoms with van der Waals surface area (Å²) in [5.41, 5.74) is 0.0151. The van der Waals surface area contributed by atoms with E-state index in [9.17, 15) is 19.2 Å². The van der Waals surface area contributed by atoms with Gasteiger partial charge in [0.05, 0.1) is 22.2 Å². The van der Waals surface area contributed by atoms with E-state index in [0.717, 1.165) is 10.5 Å². The predicted molar refractivity (Wildman–Crippen MR) is 149 cm³/mol. The van der Waals surface area contributed by atoms with Crippen molar-refractivity contribution in [1.82, 2.24) is 9.80 Å². The Morgan fingerprint density at radius 1 is 1.18 bits per heavy atom. The van der Waals surface area contributed by atoms with Gasteiger partial charge in [-0.2, -0.15) is 0 Å². The molecule has 2 N–H and O–H groups in total. The molecule has 39 heavy (non-hydrogen) atoms. The zero-order valence-electron chi connectivity index (χ0n) is 22.0. The van der Waals surface area contributed by atoms with Gasteiger partial charge in [-0.1, -0.05) is 68.2 Å². The molecule has 0 aromatic heterocycles. The highest BCUT2D eigenvalue weighted by Crippen LogP contribution is 2.47. The third-order valence-electron chi connectivity index (χ3n) is 7.16. The number of likely N-dealkylation sites (N-methyl/N-ethyl adjacent to an activating group) is 1. The highest BCUT2D eigenvalue weighted by Gasteiger charge is 2.59. The Morgan fingerprint density at radius 2 is 1.82 bits per heavy atom. The monoisotopic (exact) mass is 569 g/mol. The van der Waals surface area contributed by atoms with Crippen molar-refractivity contribution in [2.45, 2.75) is 51.2 Å². The van der Waals surface area contributed by atoms with Crippen LogP contribution >= 0.6 is 23.2 Å². The summed E-state index contributed by atoms with van der Waals surface area (Å²) in [6.45, 7) is 13.5. The first-order chi connectivity index (χ1) is 18.3. The normalized spacial score (nSPS) is 20.7. The third-order valence-corrected chi connectivity index (χ3v) is 7.79. The van der Waals surface area contributed by atoms with Crippen LogP contribution in [0.15, 0.2) is 42.5 Å². The van der Waals surface area contributed by atoms with Crippen LogP contribution in [0.5, 0.6) is 0 Å². The molecule has 11 heteroatoms.